The second kappa shape index (κ2) is 10.4. The van der Waals surface area contributed by atoms with Gasteiger partial charge in [0.2, 0.25) is 0 Å². The molecule has 26 heavy (non-hydrogen) atoms. The van der Waals surface area contributed by atoms with Gasteiger partial charge in [0.15, 0.2) is 5.96 Å². The minimum atomic E-state index is 0.274. The summed E-state index contributed by atoms with van der Waals surface area (Å²) in [5.41, 5.74) is 1.27. The number of ether oxygens (including phenoxy) is 1. The maximum atomic E-state index is 6.08. The van der Waals surface area contributed by atoms with Crippen LogP contribution in [0.2, 0.25) is 5.02 Å². The van der Waals surface area contributed by atoms with Crippen LogP contribution in [-0.2, 0) is 4.74 Å². The average molecular weight is 397 g/mol. The third kappa shape index (κ3) is 5.78. The highest BCUT2D eigenvalue weighted by Crippen LogP contribution is 2.25. The Kier molecular flexibility index (Phi) is 7.92. The molecule has 0 radical (unpaired) electrons. The Bertz CT molecular complexity index is 571. The van der Waals surface area contributed by atoms with Crippen LogP contribution in [0, 0.1) is 0 Å². The predicted molar refractivity (Wildman–Crippen MR) is 111 cm³/mol. The third-order valence-electron chi connectivity index (χ3n) is 4.95. The van der Waals surface area contributed by atoms with Gasteiger partial charge in [0.1, 0.15) is 0 Å². The lowest BCUT2D eigenvalue weighted by atomic mass is 10.0. The summed E-state index contributed by atoms with van der Waals surface area (Å²) in [5, 5.41) is 8.48. The van der Waals surface area contributed by atoms with Gasteiger partial charge in [0.25, 0.3) is 0 Å². The monoisotopic (exact) mass is 396 g/mol. The average Bonchev–Trinajstić information content (AvgIpc) is 3.20. The van der Waals surface area contributed by atoms with E-state index in [0.717, 1.165) is 50.4 Å². The zero-order valence-electron chi connectivity index (χ0n) is 15.4. The molecular weight excluding hydrogens is 368 g/mol. The molecule has 2 atom stereocenters. The summed E-state index contributed by atoms with van der Waals surface area (Å²) >= 11 is 8.14. The molecule has 144 valence electrons. The molecule has 2 heterocycles. The van der Waals surface area contributed by atoms with Crippen molar-refractivity contribution in [3.8, 4) is 0 Å². The van der Waals surface area contributed by atoms with Crippen LogP contribution in [0.3, 0.4) is 0 Å². The summed E-state index contributed by atoms with van der Waals surface area (Å²) in [6.45, 7) is 5.25. The summed E-state index contributed by atoms with van der Waals surface area (Å²) in [7, 11) is 1.84. The summed E-state index contributed by atoms with van der Waals surface area (Å²) in [6, 6.07) is 8.45. The van der Waals surface area contributed by atoms with Gasteiger partial charge >= 0.3 is 0 Å². The van der Waals surface area contributed by atoms with Crippen molar-refractivity contribution in [2.75, 3.05) is 52.2 Å². The first kappa shape index (κ1) is 19.8. The minimum Gasteiger partial charge on any atom is -0.379 e. The number of halogens is 1. The van der Waals surface area contributed by atoms with Gasteiger partial charge in [0.05, 0.1) is 19.3 Å². The number of rotatable bonds is 6. The van der Waals surface area contributed by atoms with Crippen molar-refractivity contribution < 1.29 is 4.74 Å². The molecule has 0 saturated carbocycles. The molecule has 2 aliphatic heterocycles. The van der Waals surface area contributed by atoms with Crippen molar-refractivity contribution in [3.63, 3.8) is 0 Å². The molecule has 0 amide bonds. The highest BCUT2D eigenvalue weighted by Gasteiger charge is 2.23. The zero-order chi connectivity index (χ0) is 18.2. The van der Waals surface area contributed by atoms with E-state index in [1.54, 1.807) is 0 Å². The smallest absolute Gasteiger partial charge is 0.191 e. The van der Waals surface area contributed by atoms with Gasteiger partial charge < -0.3 is 15.4 Å². The van der Waals surface area contributed by atoms with Gasteiger partial charge in [-0.15, -0.1) is 0 Å². The van der Waals surface area contributed by atoms with E-state index in [2.05, 4.69) is 44.4 Å². The van der Waals surface area contributed by atoms with Gasteiger partial charge in [0, 0.05) is 43.5 Å². The quantitative estimate of drug-likeness (QED) is 0.572. The van der Waals surface area contributed by atoms with Crippen LogP contribution in [0.4, 0.5) is 0 Å². The molecule has 1 aromatic carbocycles. The molecule has 3 rings (SSSR count). The van der Waals surface area contributed by atoms with Crippen molar-refractivity contribution in [1.82, 2.24) is 15.5 Å². The summed E-state index contributed by atoms with van der Waals surface area (Å²) in [4.78, 5) is 6.87. The van der Waals surface area contributed by atoms with E-state index in [1.807, 2.05) is 19.2 Å². The molecule has 0 spiro atoms. The Labute approximate surface area is 165 Å². The number of thioether (sulfide) groups is 1. The van der Waals surface area contributed by atoms with E-state index in [4.69, 9.17) is 16.3 Å². The first-order valence-electron chi connectivity index (χ1n) is 9.39. The Morgan fingerprint density at radius 2 is 2.08 bits per heavy atom. The molecular formula is C19H29ClN4OS. The molecule has 0 aliphatic carbocycles. The number of hydrogen-bond acceptors (Lipinski definition) is 4. The number of morpholine rings is 1. The van der Waals surface area contributed by atoms with Crippen molar-refractivity contribution in [3.05, 3.63) is 34.9 Å². The minimum absolute atomic E-state index is 0.274. The van der Waals surface area contributed by atoms with Crippen LogP contribution in [0.25, 0.3) is 0 Å². The second-order valence-corrected chi connectivity index (χ2v) is 8.53. The largest absolute Gasteiger partial charge is 0.379 e. The number of aliphatic imine (C=N–C) groups is 1. The Balaban J connectivity index is 1.59. The molecule has 2 unspecified atom stereocenters. The molecule has 2 aliphatic rings. The van der Waals surface area contributed by atoms with Crippen LogP contribution in [0.5, 0.6) is 0 Å². The number of nitrogens with one attached hydrogen (secondary N) is 2. The van der Waals surface area contributed by atoms with Gasteiger partial charge in [-0.05, 0) is 36.3 Å². The van der Waals surface area contributed by atoms with Crippen LogP contribution >= 0.6 is 23.4 Å². The van der Waals surface area contributed by atoms with Gasteiger partial charge in [-0.2, -0.15) is 11.8 Å². The second-order valence-electron chi connectivity index (χ2n) is 6.68. The lowest BCUT2D eigenvalue weighted by molar-refractivity contribution is 0.0170. The number of guanidine groups is 1. The first-order valence-corrected chi connectivity index (χ1v) is 10.8. The third-order valence-corrected chi connectivity index (χ3v) is 6.60. The molecule has 2 saturated heterocycles. The SMILES string of the molecule is CN=C(NCC1CCCS1)NCC(c1ccc(Cl)cc1)N1CCOCC1. The summed E-state index contributed by atoms with van der Waals surface area (Å²) in [6.07, 6.45) is 2.63. The lowest BCUT2D eigenvalue weighted by Crippen LogP contribution is -2.47. The Morgan fingerprint density at radius 3 is 2.73 bits per heavy atom. The fraction of sp³-hybridized carbons (Fsp3) is 0.632. The van der Waals surface area contributed by atoms with Crippen molar-refractivity contribution >= 4 is 29.3 Å². The topological polar surface area (TPSA) is 48.9 Å². The van der Waals surface area contributed by atoms with Crippen molar-refractivity contribution in [2.45, 2.75) is 24.1 Å². The fourth-order valence-electron chi connectivity index (χ4n) is 3.46. The fourth-order valence-corrected chi connectivity index (χ4v) is 4.79. The molecule has 7 heteroatoms. The maximum Gasteiger partial charge on any atom is 0.191 e. The van der Waals surface area contributed by atoms with Crippen LogP contribution in [0.1, 0.15) is 24.4 Å². The maximum absolute atomic E-state index is 6.08. The number of benzene rings is 1. The van der Waals surface area contributed by atoms with Gasteiger partial charge in [-0.3, -0.25) is 9.89 Å². The Morgan fingerprint density at radius 1 is 1.31 bits per heavy atom. The first-order chi connectivity index (χ1) is 12.8. The lowest BCUT2D eigenvalue weighted by Gasteiger charge is -2.35. The predicted octanol–water partition coefficient (Wildman–Crippen LogP) is 2.77. The molecule has 1 aromatic rings. The van der Waals surface area contributed by atoms with Crippen LogP contribution in [-0.4, -0.2) is 68.3 Å². The van der Waals surface area contributed by atoms with Crippen molar-refractivity contribution in [2.24, 2.45) is 4.99 Å². The van der Waals surface area contributed by atoms with Crippen LogP contribution in [0.15, 0.2) is 29.3 Å². The number of nitrogens with zero attached hydrogens (tertiary/aromatic N) is 2. The molecule has 0 bridgehead atoms. The molecule has 2 fully saturated rings. The van der Waals surface area contributed by atoms with Gasteiger partial charge in [-0.1, -0.05) is 23.7 Å². The van der Waals surface area contributed by atoms with Crippen molar-refractivity contribution in [1.29, 1.82) is 0 Å². The van der Waals surface area contributed by atoms with E-state index >= 15 is 0 Å². The highest BCUT2D eigenvalue weighted by atomic mass is 35.5. The standard InChI is InChI=1S/C19H29ClN4OS/c1-21-19(22-13-17-3-2-12-26-17)23-14-18(24-8-10-25-11-9-24)15-4-6-16(20)7-5-15/h4-7,17-18H,2-3,8-14H2,1H3,(H2,21,22,23). The Hall–Kier alpha value is -0.950. The molecule has 5 nitrogen and oxygen atoms in total. The zero-order valence-corrected chi connectivity index (χ0v) is 17.0. The normalized spacial score (nSPS) is 23.0. The van der Waals surface area contributed by atoms with E-state index in [9.17, 15) is 0 Å². The molecule has 2 N–H and O–H groups in total. The van der Waals surface area contributed by atoms with E-state index in [0.29, 0.717) is 5.25 Å². The van der Waals surface area contributed by atoms with E-state index in [1.165, 1.54) is 24.2 Å². The molecule has 0 aromatic heterocycles. The summed E-state index contributed by atoms with van der Waals surface area (Å²) < 4.78 is 5.53. The van der Waals surface area contributed by atoms with E-state index < -0.39 is 0 Å². The van der Waals surface area contributed by atoms with Gasteiger partial charge in [-0.25, -0.2) is 0 Å². The van der Waals surface area contributed by atoms with Crippen LogP contribution < -0.4 is 10.6 Å². The summed E-state index contributed by atoms with van der Waals surface area (Å²) in [5.74, 6) is 2.17. The van der Waals surface area contributed by atoms with E-state index in [-0.39, 0.29) is 6.04 Å². The number of hydrogen-bond donors (Lipinski definition) is 2. The highest BCUT2D eigenvalue weighted by molar-refractivity contribution is 8.00.